The van der Waals surface area contributed by atoms with Crippen molar-refractivity contribution in [2.24, 2.45) is 5.73 Å². The molecule has 1 amide bonds. The first-order valence-electron chi connectivity index (χ1n) is 6.92. The predicted octanol–water partition coefficient (Wildman–Crippen LogP) is 2.57. The van der Waals surface area contributed by atoms with E-state index in [2.05, 4.69) is 5.32 Å². The largest absolute Gasteiger partial charge is 0.348 e. The van der Waals surface area contributed by atoms with Gasteiger partial charge in [0.15, 0.2) is 0 Å². The zero-order valence-electron chi connectivity index (χ0n) is 12.0. The van der Waals surface area contributed by atoms with Gasteiger partial charge in [-0.15, -0.1) is 0 Å². The van der Waals surface area contributed by atoms with E-state index >= 15 is 0 Å². The Hall–Kier alpha value is -2.20. The van der Waals surface area contributed by atoms with Gasteiger partial charge in [0, 0.05) is 12.1 Å². The van der Waals surface area contributed by atoms with Crippen molar-refractivity contribution in [2.75, 3.05) is 6.54 Å². The van der Waals surface area contributed by atoms with Crippen LogP contribution < -0.4 is 11.1 Å². The minimum Gasteiger partial charge on any atom is -0.348 e. The van der Waals surface area contributed by atoms with Crippen LogP contribution in [0.25, 0.3) is 0 Å². The van der Waals surface area contributed by atoms with E-state index in [0.717, 1.165) is 12.0 Å². The van der Waals surface area contributed by atoms with Gasteiger partial charge in [-0.1, -0.05) is 30.3 Å². The second-order valence-electron chi connectivity index (χ2n) is 5.00. The summed E-state index contributed by atoms with van der Waals surface area (Å²) < 4.78 is 13.4. The van der Waals surface area contributed by atoms with Crippen LogP contribution >= 0.6 is 0 Å². The summed E-state index contributed by atoms with van der Waals surface area (Å²) in [6, 6.07) is 12.4. The second-order valence-corrected chi connectivity index (χ2v) is 5.00. The SMILES string of the molecule is Cc1ccc(C(=O)NCc2ccc(CCN)cc2)cc1F. The average molecular weight is 286 g/mol. The van der Waals surface area contributed by atoms with Crippen molar-refractivity contribution in [3.05, 3.63) is 70.5 Å². The van der Waals surface area contributed by atoms with Gasteiger partial charge < -0.3 is 11.1 Å². The summed E-state index contributed by atoms with van der Waals surface area (Å²) in [5.41, 5.74) is 8.53. The average Bonchev–Trinajstić information content (AvgIpc) is 2.49. The number of rotatable bonds is 5. The number of carbonyl (C=O) groups excluding carboxylic acids is 1. The lowest BCUT2D eigenvalue weighted by Crippen LogP contribution is -2.23. The molecule has 110 valence electrons. The molecule has 0 unspecified atom stereocenters. The molecule has 2 aromatic rings. The van der Waals surface area contributed by atoms with Gasteiger partial charge in [0.05, 0.1) is 0 Å². The number of nitrogens with one attached hydrogen (secondary N) is 1. The molecule has 0 aromatic heterocycles. The highest BCUT2D eigenvalue weighted by atomic mass is 19.1. The van der Waals surface area contributed by atoms with Crippen molar-refractivity contribution in [2.45, 2.75) is 19.9 Å². The molecule has 0 spiro atoms. The van der Waals surface area contributed by atoms with Crippen LogP contribution in [0.1, 0.15) is 27.0 Å². The molecule has 0 aliphatic heterocycles. The quantitative estimate of drug-likeness (QED) is 0.887. The third-order valence-corrected chi connectivity index (χ3v) is 3.34. The Morgan fingerprint density at radius 1 is 1.14 bits per heavy atom. The Balaban J connectivity index is 1.95. The molecule has 4 heteroatoms. The van der Waals surface area contributed by atoms with Gasteiger partial charge in [0.25, 0.3) is 5.91 Å². The van der Waals surface area contributed by atoms with Crippen LogP contribution in [0.4, 0.5) is 4.39 Å². The highest BCUT2D eigenvalue weighted by Gasteiger charge is 2.07. The third kappa shape index (κ3) is 4.13. The maximum Gasteiger partial charge on any atom is 0.251 e. The minimum atomic E-state index is -0.367. The molecule has 0 fully saturated rings. The van der Waals surface area contributed by atoms with Gasteiger partial charge in [-0.25, -0.2) is 4.39 Å². The number of hydrogen-bond donors (Lipinski definition) is 2. The van der Waals surface area contributed by atoms with E-state index in [1.165, 1.54) is 11.6 Å². The monoisotopic (exact) mass is 286 g/mol. The van der Waals surface area contributed by atoms with E-state index < -0.39 is 0 Å². The normalized spacial score (nSPS) is 10.4. The Kier molecular flexibility index (Phi) is 5.06. The molecule has 3 nitrogen and oxygen atoms in total. The van der Waals surface area contributed by atoms with Crippen molar-refractivity contribution < 1.29 is 9.18 Å². The van der Waals surface area contributed by atoms with Crippen molar-refractivity contribution in [1.29, 1.82) is 0 Å². The van der Waals surface area contributed by atoms with Crippen molar-refractivity contribution in [1.82, 2.24) is 5.32 Å². The fourth-order valence-corrected chi connectivity index (χ4v) is 2.01. The van der Waals surface area contributed by atoms with E-state index in [0.29, 0.717) is 24.2 Å². The summed E-state index contributed by atoms with van der Waals surface area (Å²) in [6.45, 7) is 2.70. The minimum absolute atomic E-state index is 0.278. The Morgan fingerprint density at radius 3 is 2.43 bits per heavy atom. The molecule has 2 rings (SSSR count). The van der Waals surface area contributed by atoms with E-state index in [1.807, 2.05) is 24.3 Å². The number of halogens is 1. The molecule has 0 aliphatic rings. The standard InChI is InChI=1S/C17H19FN2O/c1-12-2-7-15(10-16(12)18)17(21)20-11-14-5-3-13(4-6-14)8-9-19/h2-7,10H,8-9,11,19H2,1H3,(H,20,21). The molecule has 0 atom stereocenters. The number of nitrogens with two attached hydrogens (primary N) is 1. The number of carbonyl (C=O) groups is 1. The molecule has 2 aromatic carbocycles. The maximum absolute atomic E-state index is 13.4. The van der Waals surface area contributed by atoms with Crippen LogP contribution in [0.2, 0.25) is 0 Å². The molecular weight excluding hydrogens is 267 g/mol. The Morgan fingerprint density at radius 2 is 1.81 bits per heavy atom. The molecule has 0 bridgehead atoms. The van der Waals surface area contributed by atoms with Gasteiger partial charge in [-0.2, -0.15) is 0 Å². The summed E-state index contributed by atoms with van der Waals surface area (Å²) >= 11 is 0. The third-order valence-electron chi connectivity index (χ3n) is 3.34. The van der Waals surface area contributed by atoms with Crippen LogP contribution in [0.3, 0.4) is 0 Å². The smallest absolute Gasteiger partial charge is 0.251 e. The summed E-state index contributed by atoms with van der Waals surface area (Å²) in [6.07, 6.45) is 0.843. The number of hydrogen-bond acceptors (Lipinski definition) is 2. The van der Waals surface area contributed by atoms with Crippen molar-refractivity contribution >= 4 is 5.91 Å². The fraction of sp³-hybridized carbons (Fsp3) is 0.235. The first-order valence-corrected chi connectivity index (χ1v) is 6.92. The van der Waals surface area contributed by atoms with Crippen LogP contribution in [0.15, 0.2) is 42.5 Å². The van der Waals surface area contributed by atoms with Gasteiger partial charge in [-0.05, 0) is 48.7 Å². The molecule has 21 heavy (non-hydrogen) atoms. The summed E-state index contributed by atoms with van der Waals surface area (Å²) in [5, 5.41) is 2.78. The number of amides is 1. The zero-order chi connectivity index (χ0) is 15.2. The fourth-order valence-electron chi connectivity index (χ4n) is 2.01. The van der Waals surface area contributed by atoms with E-state index in [9.17, 15) is 9.18 Å². The van der Waals surface area contributed by atoms with Gasteiger partial charge >= 0.3 is 0 Å². The first kappa shape index (κ1) is 15.2. The summed E-state index contributed by atoms with van der Waals surface area (Å²) in [7, 11) is 0. The molecular formula is C17H19FN2O. The molecule has 0 radical (unpaired) electrons. The second kappa shape index (κ2) is 6.99. The summed E-state index contributed by atoms with van der Waals surface area (Å²) in [5.74, 6) is -0.645. The lowest BCUT2D eigenvalue weighted by atomic mass is 10.1. The van der Waals surface area contributed by atoms with Crippen molar-refractivity contribution in [3.63, 3.8) is 0 Å². The van der Waals surface area contributed by atoms with Crippen molar-refractivity contribution in [3.8, 4) is 0 Å². The van der Waals surface area contributed by atoms with Crippen LogP contribution in [-0.4, -0.2) is 12.5 Å². The molecule has 0 aliphatic carbocycles. The van der Waals surface area contributed by atoms with Crippen LogP contribution in [-0.2, 0) is 13.0 Å². The maximum atomic E-state index is 13.4. The molecule has 0 saturated carbocycles. The van der Waals surface area contributed by atoms with E-state index in [1.54, 1.807) is 19.1 Å². The highest BCUT2D eigenvalue weighted by molar-refractivity contribution is 5.94. The first-order chi connectivity index (χ1) is 10.1. The molecule has 3 N–H and O–H groups in total. The molecule has 0 saturated heterocycles. The van der Waals surface area contributed by atoms with E-state index in [-0.39, 0.29) is 11.7 Å². The lowest BCUT2D eigenvalue weighted by Gasteiger charge is -2.07. The zero-order valence-corrected chi connectivity index (χ0v) is 12.0. The lowest BCUT2D eigenvalue weighted by molar-refractivity contribution is 0.0950. The van der Waals surface area contributed by atoms with E-state index in [4.69, 9.17) is 5.73 Å². The highest BCUT2D eigenvalue weighted by Crippen LogP contribution is 2.10. The van der Waals surface area contributed by atoms with Gasteiger partial charge in [0.2, 0.25) is 0 Å². The van der Waals surface area contributed by atoms with Crippen LogP contribution in [0.5, 0.6) is 0 Å². The summed E-state index contributed by atoms with van der Waals surface area (Å²) in [4.78, 5) is 12.0. The van der Waals surface area contributed by atoms with Gasteiger partial charge in [0.1, 0.15) is 5.82 Å². The van der Waals surface area contributed by atoms with Crippen LogP contribution in [0, 0.1) is 12.7 Å². The number of aryl methyl sites for hydroxylation is 1. The van der Waals surface area contributed by atoms with Gasteiger partial charge in [-0.3, -0.25) is 4.79 Å². The Bertz CT molecular complexity index is 623. The topological polar surface area (TPSA) is 55.1 Å². The molecule has 0 heterocycles. The number of benzene rings is 2. The Labute approximate surface area is 124 Å². The predicted molar refractivity (Wildman–Crippen MR) is 81.5 cm³/mol.